The molecule has 0 saturated carbocycles. The highest BCUT2D eigenvalue weighted by Crippen LogP contribution is 2.48. The van der Waals surface area contributed by atoms with Crippen molar-refractivity contribution in [1.82, 2.24) is 5.32 Å². The van der Waals surface area contributed by atoms with Crippen LogP contribution in [0.1, 0.15) is 46.0 Å². The van der Waals surface area contributed by atoms with Crippen LogP contribution in [0.5, 0.6) is 0 Å². The summed E-state index contributed by atoms with van der Waals surface area (Å²) in [7, 11) is 0. The fourth-order valence-electron chi connectivity index (χ4n) is 4.17. The third kappa shape index (κ3) is 2.99. The van der Waals surface area contributed by atoms with Crippen LogP contribution >= 0.6 is 11.8 Å². The van der Waals surface area contributed by atoms with Crippen LogP contribution in [0.25, 0.3) is 0 Å². The van der Waals surface area contributed by atoms with E-state index in [0.29, 0.717) is 12.3 Å². The number of nitrogens with one attached hydrogen (secondary N) is 1. The Balaban J connectivity index is 2.09. The summed E-state index contributed by atoms with van der Waals surface area (Å²) in [6.07, 6.45) is 11.0. The third-order valence-corrected chi connectivity index (χ3v) is 5.89. The van der Waals surface area contributed by atoms with Crippen LogP contribution in [0.15, 0.2) is 34.0 Å². The van der Waals surface area contributed by atoms with Gasteiger partial charge in [0.25, 0.3) is 0 Å². The first-order valence-corrected chi connectivity index (χ1v) is 9.56. The van der Waals surface area contributed by atoms with E-state index in [1.165, 1.54) is 0 Å². The summed E-state index contributed by atoms with van der Waals surface area (Å²) < 4.78 is 0. The number of dihydropyridines is 1. The monoisotopic (exact) mass is 328 g/mol. The van der Waals surface area contributed by atoms with Crippen LogP contribution < -0.4 is 5.32 Å². The van der Waals surface area contributed by atoms with Gasteiger partial charge in [-0.3, -0.25) is 4.79 Å². The van der Waals surface area contributed by atoms with Crippen molar-refractivity contribution in [3.8, 4) is 6.07 Å². The summed E-state index contributed by atoms with van der Waals surface area (Å²) in [5.41, 5.74) is 2.73. The molecule has 4 heteroatoms. The molecule has 1 N–H and O–H groups in total. The zero-order valence-corrected chi connectivity index (χ0v) is 14.9. The highest BCUT2D eigenvalue weighted by molar-refractivity contribution is 8.02. The van der Waals surface area contributed by atoms with Crippen LogP contribution in [0.2, 0.25) is 0 Å². The molecule has 0 fully saturated rings. The second kappa shape index (κ2) is 6.20. The molecule has 0 saturated heterocycles. The number of hydrogen-bond donors (Lipinski definition) is 1. The first-order chi connectivity index (χ1) is 11.0. The summed E-state index contributed by atoms with van der Waals surface area (Å²) >= 11 is 1.59. The van der Waals surface area contributed by atoms with Crippen LogP contribution in [0.4, 0.5) is 0 Å². The van der Waals surface area contributed by atoms with E-state index in [1.807, 2.05) is 6.26 Å². The Hall–Kier alpha value is -1.47. The topological polar surface area (TPSA) is 52.9 Å². The van der Waals surface area contributed by atoms with Crippen molar-refractivity contribution in [1.29, 1.82) is 5.26 Å². The van der Waals surface area contributed by atoms with Gasteiger partial charge in [0.15, 0.2) is 5.78 Å². The molecule has 2 aliphatic carbocycles. The number of hydrogen-bond acceptors (Lipinski definition) is 4. The van der Waals surface area contributed by atoms with Crippen molar-refractivity contribution in [3.63, 3.8) is 0 Å². The molecule has 23 heavy (non-hydrogen) atoms. The van der Waals surface area contributed by atoms with Crippen LogP contribution in [-0.2, 0) is 4.79 Å². The number of carbonyl (C=O) groups excluding carboxylic acids is 1. The number of ketones is 1. The maximum Gasteiger partial charge on any atom is 0.161 e. The minimum absolute atomic E-state index is 0.00635. The molecular formula is C19H24N2OS. The van der Waals surface area contributed by atoms with Gasteiger partial charge in [0, 0.05) is 23.6 Å². The van der Waals surface area contributed by atoms with Gasteiger partial charge in [-0.1, -0.05) is 26.0 Å². The summed E-state index contributed by atoms with van der Waals surface area (Å²) in [5.74, 6) is 0.581. The van der Waals surface area contributed by atoms with Gasteiger partial charge >= 0.3 is 0 Å². The molecule has 0 aromatic carbocycles. The number of rotatable bonds is 2. The van der Waals surface area contributed by atoms with Gasteiger partial charge in [-0.05, 0) is 43.3 Å². The van der Waals surface area contributed by atoms with Crippen molar-refractivity contribution in [2.24, 2.45) is 17.3 Å². The van der Waals surface area contributed by atoms with E-state index in [4.69, 9.17) is 0 Å². The Morgan fingerprint density at radius 1 is 1.35 bits per heavy atom. The predicted octanol–water partition coefficient (Wildman–Crippen LogP) is 4.30. The zero-order valence-electron chi connectivity index (χ0n) is 14.1. The van der Waals surface area contributed by atoms with Gasteiger partial charge in [0.05, 0.1) is 16.7 Å². The molecule has 0 bridgehead atoms. The molecule has 0 aromatic heterocycles. The molecule has 3 nitrogen and oxygen atoms in total. The predicted molar refractivity (Wildman–Crippen MR) is 94.3 cm³/mol. The molecule has 1 heterocycles. The first-order valence-electron chi connectivity index (χ1n) is 8.33. The minimum atomic E-state index is -0.0211. The van der Waals surface area contributed by atoms with Gasteiger partial charge < -0.3 is 5.32 Å². The van der Waals surface area contributed by atoms with Gasteiger partial charge in [-0.2, -0.15) is 5.26 Å². The molecule has 0 amide bonds. The number of nitriles is 1. The fourth-order valence-corrected chi connectivity index (χ4v) is 4.79. The lowest BCUT2D eigenvalue weighted by atomic mass is 9.66. The van der Waals surface area contributed by atoms with Crippen molar-refractivity contribution in [2.45, 2.75) is 46.0 Å². The highest BCUT2D eigenvalue weighted by atomic mass is 32.2. The Kier molecular flexibility index (Phi) is 4.42. The lowest BCUT2D eigenvalue weighted by Crippen LogP contribution is -2.39. The Morgan fingerprint density at radius 2 is 2.13 bits per heavy atom. The van der Waals surface area contributed by atoms with E-state index in [9.17, 15) is 10.1 Å². The van der Waals surface area contributed by atoms with E-state index in [0.717, 1.165) is 47.6 Å². The first kappa shape index (κ1) is 16.4. The maximum absolute atomic E-state index is 12.9. The van der Waals surface area contributed by atoms with E-state index in [1.54, 1.807) is 11.8 Å². The number of nitrogens with zero attached hydrogens (tertiary/aromatic N) is 1. The lowest BCUT2D eigenvalue weighted by Gasteiger charge is -2.41. The molecule has 2 atom stereocenters. The zero-order chi connectivity index (χ0) is 16.6. The second-order valence-corrected chi connectivity index (χ2v) is 8.36. The standard InChI is InChI=1S/C19H24N2OS/c1-19(2)9-14-17(15(22)10-19)16(12-7-5-4-6-8-12)13(11-20)18(21-14)23-3/h4-5,12,16,21H,6-10H2,1-3H3. The number of Topliss-reactive ketones (excluding diaryl/α,β-unsaturated/α-hetero) is 1. The van der Waals surface area contributed by atoms with Crippen molar-refractivity contribution in [3.05, 3.63) is 34.0 Å². The SMILES string of the molecule is CSC1=C(C#N)C(C2CC=CCC2)C2=C(CC(C)(C)CC2=O)N1. The van der Waals surface area contributed by atoms with Crippen molar-refractivity contribution < 1.29 is 4.79 Å². The second-order valence-electron chi connectivity index (χ2n) is 7.54. The molecule has 0 aromatic rings. The van der Waals surface area contributed by atoms with Gasteiger partial charge in [0.1, 0.15) is 0 Å². The maximum atomic E-state index is 12.9. The van der Waals surface area contributed by atoms with E-state index >= 15 is 0 Å². The summed E-state index contributed by atoms with van der Waals surface area (Å²) in [6.45, 7) is 4.30. The molecule has 1 aliphatic heterocycles. The van der Waals surface area contributed by atoms with E-state index in [2.05, 4.69) is 37.4 Å². The Bertz CT molecular complexity index is 663. The number of allylic oxidation sites excluding steroid dienone is 5. The minimum Gasteiger partial charge on any atom is -0.352 e. The van der Waals surface area contributed by atoms with Gasteiger partial charge in [-0.25, -0.2) is 0 Å². The van der Waals surface area contributed by atoms with E-state index in [-0.39, 0.29) is 17.1 Å². The van der Waals surface area contributed by atoms with E-state index < -0.39 is 0 Å². The fraction of sp³-hybridized carbons (Fsp3) is 0.579. The quantitative estimate of drug-likeness (QED) is 0.768. The van der Waals surface area contributed by atoms with Crippen molar-refractivity contribution >= 4 is 17.5 Å². The largest absolute Gasteiger partial charge is 0.352 e. The Labute approximate surface area is 142 Å². The lowest BCUT2D eigenvalue weighted by molar-refractivity contribution is -0.118. The molecule has 0 spiro atoms. The summed E-state index contributed by atoms with van der Waals surface area (Å²) in [4.78, 5) is 12.9. The average molecular weight is 328 g/mol. The van der Waals surface area contributed by atoms with Crippen LogP contribution in [0.3, 0.4) is 0 Å². The molecule has 3 aliphatic rings. The Morgan fingerprint density at radius 3 is 2.74 bits per heavy atom. The number of carbonyl (C=O) groups is 1. The van der Waals surface area contributed by atoms with Gasteiger partial charge in [0.2, 0.25) is 0 Å². The van der Waals surface area contributed by atoms with Crippen molar-refractivity contribution in [2.75, 3.05) is 6.26 Å². The smallest absolute Gasteiger partial charge is 0.161 e. The average Bonchev–Trinajstić information content (AvgIpc) is 2.52. The summed E-state index contributed by atoms with van der Waals surface area (Å²) in [6, 6.07) is 2.41. The molecule has 3 rings (SSSR count). The normalized spacial score (nSPS) is 29.9. The molecular weight excluding hydrogens is 304 g/mol. The molecule has 2 unspecified atom stereocenters. The summed E-state index contributed by atoms with van der Waals surface area (Å²) in [5, 5.41) is 14.1. The third-order valence-electron chi connectivity index (χ3n) is 5.16. The van der Waals surface area contributed by atoms with Crippen LogP contribution in [0, 0.1) is 28.6 Å². The molecule has 122 valence electrons. The highest BCUT2D eigenvalue weighted by Gasteiger charge is 2.43. The molecule has 0 radical (unpaired) electrons. The van der Waals surface area contributed by atoms with Crippen LogP contribution in [-0.4, -0.2) is 12.0 Å². The van der Waals surface area contributed by atoms with Gasteiger partial charge in [-0.15, -0.1) is 11.8 Å². The number of thioether (sulfide) groups is 1.